The molecule has 2 aromatic rings. The largest absolute Gasteiger partial charge is 0.221 e. The summed E-state index contributed by atoms with van der Waals surface area (Å²) >= 11 is 0. The molecule has 0 aromatic carbocycles. The molecule has 3 heteroatoms. The summed E-state index contributed by atoms with van der Waals surface area (Å²) < 4.78 is 1.83. The second-order valence-electron chi connectivity index (χ2n) is 4.19. The molecule has 74 valence electrons. The number of pyridine rings is 1. The van der Waals surface area contributed by atoms with E-state index in [0.717, 1.165) is 12.1 Å². The minimum absolute atomic E-state index is 0.162. The Morgan fingerprint density at radius 2 is 2.21 bits per heavy atom. The van der Waals surface area contributed by atoms with Crippen LogP contribution in [0.15, 0.2) is 24.7 Å². The third-order valence-electron chi connectivity index (χ3n) is 2.92. The lowest BCUT2D eigenvalue weighted by Gasteiger charge is -2.23. The number of aromatic nitrogens is 3. The van der Waals surface area contributed by atoms with E-state index in [1.54, 1.807) is 6.33 Å². The summed E-state index contributed by atoms with van der Waals surface area (Å²) in [4.78, 5) is 4.28. The molecule has 2 heterocycles. The average Bonchev–Trinajstić information content (AvgIpc) is 2.64. The highest BCUT2D eigenvalue weighted by Crippen LogP contribution is 2.28. The number of nitrogens with zero attached hydrogens (tertiary/aromatic N) is 3. The molecular weight excluding hydrogens is 174 g/mol. The van der Waals surface area contributed by atoms with E-state index in [1.165, 1.54) is 5.56 Å². The lowest BCUT2D eigenvalue weighted by atomic mass is 9.83. The van der Waals surface area contributed by atoms with E-state index in [2.05, 4.69) is 36.9 Å². The maximum Gasteiger partial charge on any atom is 0.158 e. The maximum atomic E-state index is 4.28. The van der Waals surface area contributed by atoms with Gasteiger partial charge in [0.05, 0.1) is 0 Å². The molecule has 14 heavy (non-hydrogen) atoms. The van der Waals surface area contributed by atoms with E-state index in [-0.39, 0.29) is 5.41 Å². The van der Waals surface area contributed by atoms with E-state index < -0.39 is 0 Å². The summed E-state index contributed by atoms with van der Waals surface area (Å²) in [6, 6.07) is 4.15. The standard InChI is InChI=1S/C11H15N3/c1-4-11(2,3)9-6-5-7-14-10(9)12-8-13-14/h5-8H,4H2,1-3H3. The fourth-order valence-corrected chi connectivity index (χ4v) is 1.57. The summed E-state index contributed by atoms with van der Waals surface area (Å²) in [5.41, 5.74) is 2.40. The van der Waals surface area contributed by atoms with Crippen LogP contribution in [0.5, 0.6) is 0 Å². The van der Waals surface area contributed by atoms with Gasteiger partial charge in [-0.3, -0.25) is 0 Å². The van der Waals surface area contributed by atoms with Crippen molar-refractivity contribution in [3.8, 4) is 0 Å². The molecule has 0 fully saturated rings. The molecule has 0 atom stereocenters. The zero-order valence-electron chi connectivity index (χ0n) is 8.86. The van der Waals surface area contributed by atoms with Crippen LogP contribution in [-0.2, 0) is 5.41 Å². The van der Waals surface area contributed by atoms with Crippen LogP contribution < -0.4 is 0 Å². The first-order valence-electron chi connectivity index (χ1n) is 4.94. The first kappa shape index (κ1) is 9.19. The lowest BCUT2D eigenvalue weighted by molar-refractivity contribution is 0.507. The molecule has 0 N–H and O–H groups in total. The molecule has 3 nitrogen and oxygen atoms in total. The van der Waals surface area contributed by atoms with Crippen LogP contribution in [0.2, 0.25) is 0 Å². The van der Waals surface area contributed by atoms with Crippen molar-refractivity contribution < 1.29 is 0 Å². The van der Waals surface area contributed by atoms with Gasteiger partial charge in [0.15, 0.2) is 5.65 Å². The quantitative estimate of drug-likeness (QED) is 0.726. The molecule has 2 aromatic heterocycles. The molecule has 0 radical (unpaired) electrons. The van der Waals surface area contributed by atoms with E-state index in [4.69, 9.17) is 0 Å². The number of hydrogen-bond acceptors (Lipinski definition) is 2. The smallest absolute Gasteiger partial charge is 0.158 e. The van der Waals surface area contributed by atoms with E-state index in [9.17, 15) is 0 Å². The van der Waals surface area contributed by atoms with Crippen LogP contribution in [-0.4, -0.2) is 14.6 Å². The summed E-state index contributed by atoms with van der Waals surface area (Å²) in [5, 5.41) is 4.13. The Hall–Kier alpha value is -1.38. The van der Waals surface area contributed by atoms with E-state index in [1.807, 2.05) is 16.8 Å². The van der Waals surface area contributed by atoms with Crippen LogP contribution in [0, 0.1) is 0 Å². The number of fused-ring (bicyclic) bond motifs is 1. The van der Waals surface area contributed by atoms with Crippen molar-refractivity contribution in [2.24, 2.45) is 0 Å². The molecule has 0 saturated carbocycles. The van der Waals surface area contributed by atoms with Crippen LogP contribution in [0.4, 0.5) is 0 Å². The van der Waals surface area contributed by atoms with Crippen molar-refractivity contribution in [1.82, 2.24) is 14.6 Å². The molecule has 2 rings (SSSR count). The Bertz CT molecular complexity index is 442. The van der Waals surface area contributed by atoms with Gasteiger partial charge in [-0.2, -0.15) is 5.10 Å². The Balaban J connectivity index is 2.67. The fraction of sp³-hybridized carbons (Fsp3) is 0.455. The second kappa shape index (κ2) is 3.08. The van der Waals surface area contributed by atoms with Crippen molar-refractivity contribution >= 4 is 5.65 Å². The molecule has 0 unspecified atom stereocenters. The Labute approximate surface area is 83.8 Å². The van der Waals surface area contributed by atoms with Gasteiger partial charge in [-0.25, -0.2) is 9.50 Å². The van der Waals surface area contributed by atoms with Gasteiger partial charge in [0.2, 0.25) is 0 Å². The van der Waals surface area contributed by atoms with Gasteiger partial charge in [-0.15, -0.1) is 0 Å². The van der Waals surface area contributed by atoms with Crippen molar-refractivity contribution in [3.05, 3.63) is 30.2 Å². The molecule has 0 bridgehead atoms. The van der Waals surface area contributed by atoms with Gasteiger partial charge < -0.3 is 0 Å². The van der Waals surface area contributed by atoms with Gasteiger partial charge in [-0.05, 0) is 17.9 Å². The van der Waals surface area contributed by atoms with Crippen LogP contribution in [0.1, 0.15) is 32.8 Å². The van der Waals surface area contributed by atoms with Crippen LogP contribution in [0.25, 0.3) is 5.65 Å². The summed E-state index contributed by atoms with van der Waals surface area (Å²) in [7, 11) is 0. The molecule has 0 aliphatic carbocycles. The van der Waals surface area contributed by atoms with Gasteiger partial charge in [-0.1, -0.05) is 26.8 Å². The first-order chi connectivity index (χ1) is 6.65. The van der Waals surface area contributed by atoms with Crippen molar-refractivity contribution in [3.63, 3.8) is 0 Å². The SMILES string of the molecule is CCC(C)(C)c1cccn2ncnc12. The Morgan fingerprint density at radius 1 is 1.43 bits per heavy atom. The highest BCUT2D eigenvalue weighted by Gasteiger charge is 2.21. The third-order valence-corrected chi connectivity index (χ3v) is 2.92. The zero-order chi connectivity index (χ0) is 10.2. The predicted octanol–water partition coefficient (Wildman–Crippen LogP) is 2.42. The van der Waals surface area contributed by atoms with Crippen molar-refractivity contribution in [2.45, 2.75) is 32.6 Å². The molecular formula is C11H15N3. The molecule has 0 aliphatic rings. The molecule has 0 saturated heterocycles. The van der Waals surface area contributed by atoms with Crippen molar-refractivity contribution in [2.75, 3.05) is 0 Å². The molecule has 0 aliphatic heterocycles. The second-order valence-corrected chi connectivity index (χ2v) is 4.19. The highest BCUT2D eigenvalue weighted by molar-refractivity contribution is 5.50. The van der Waals surface area contributed by atoms with Gasteiger partial charge >= 0.3 is 0 Å². The van der Waals surface area contributed by atoms with Crippen LogP contribution >= 0.6 is 0 Å². The number of hydrogen-bond donors (Lipinski definition) is 0. The van der Waals surface area contributed by atoms with Crippen LogP contribution in [0.3, 0.4) is 0 Å². The summed E-state index contributed by atoms with van der Waals surface area (Å²) in [6.07, 6.45) is 4.63. The monoisotopic (exact) mass is 189 g/mol. The third kappa shape index (κ3) is 1.29. The Morgan fingerprint density at radius 3 is 2.93 bits per heavy atom. The topological polar surface area (TPSA) is 30.2 Å². The highest BCUT2D eigenvalue weighted by atomic mass is 15.3. The lowest BCUT2D eigenvalue weighted by Crippen LogP contribution is -2.16. The van der Waals surface area contributed by atoms with Gasteiger partial charge in [0.1, 0.15) is 6.33 Å². The average molecular weight is 189 g/mol. The minimum atomic E-state index is 0.162. The van der Waals surface area contributed by atoms with Crippen molar-refractivity contribution in [1.29, 1.82) is 0 Å². The Kier molecular flexibility index (Phi) is 2.02. The zero-order valence-corrected chi connectivity index (χ0v) is 8.86. The normalized spacial score (nSPS) is 12.2. The number of rotatable bonds is 2. The summed E-state index contributed by atoms with van der Waals surface area (Å²) in [6.45, 7) is 6.66. The van der Waals surface area contributed by atoms with Gasteiger partial charge in [0.25, 0.3) is 0 Å². The maximum absolute atomic E-state index is 4.28. The molecule has 0 spiro atoms. The van der Waals surface area contributed by atoms with E-state index >= 15 is 0 Å². The van der Waals surface area contributed by atoms with E-state index in [0.29, 0.717) is 0 Å². The molecule has 0 amide bonds. The summed E-state index contributed by atoms with van der Waals surface area (Å²) in [5.74, 6) is 0. The van der Waals surface area contributed by atoms with Gasteiger partial charge in [0, 0.05) is 11.8 Å². The predicted molar refractivity (Wildman–Crippen MR) is 56.3 cm³/mol. The minimum Gasteiger partial charge on any atom is -0.221 e. The first-order valence-corrected chi connectivity index (χ1v) is 4.94. The fourth-order valence-electron chi connectivity index (χ4n) is 1.57.